The molecule has 1 saturated heterocycles. The lowest BCUT2D eigenvalue weighted by Crippen LogP contribution is -2.44. The molecule has 1 aromatic rings. The van der Waals surface area contributed by atoms with E-state index in [1.54, 1.807) is 6.07 Å². The molecule has 0 N–H and O–H groups in total. The molecule has 0 spiro atoms. The number of halogens is 1. The van der Waals surface area contributed by atoms with Crippen LogP contribution in [0.2, 0.25) is 5.02 Å². The van der Waals surface area contributed by atoms with Crippen molar-refractivity contribution in [1.82, 2.24) is 4.90 Å². The van der Waals surface area contributed by atoms with Gasteiger partial charge in [0.05, 0.1) is 10.7 Å². The van der Waals surface area contributed by atoms with Gasteiger partial charge in [0, 0.05) is 31.9 Å². The molecule has 0 amide bonds. The standard InChI is InChI=1S/C12H14ClN3O/c1-15-4-6-16(7-5-15)10-2-3-12(14-9-17)11(13)8-10/h2-3,8H,4-7H2,1H3. The van der Waals surface area contributed by atoms with Crippen LogP contribution in [0.15, 0.2) is 23.2 Å². The van der Waals surface area contributed by atoms with Crippen molar-refractivity contribution in [2.45, 2.75) is 0 Å². The van der Waals surface area contributed by atoms with Crippen LogP contribution in [0.25, 0.3) is 0 Å². The zero-order chi connectivity index (χ0) is 12.3. The van der Waals surface area contributed by atoms with E-state index < -0.39 is 0 Å². The van der Waals surface area contributed by atoms with Crippen molar-refractivity contribution >= 4 is 29.1 Å². The Labute approximate surface area is 105 Å². The monoisotopic (exact) mass is 251 g/mol. The highest BCUT2D eigenvalue weighted by Crippen LogP contribution is 2.29. The van der Waals surface area contributed by atoms with Crippen molar-refractivity contribution < 1.29 is 4.79 Å². The summed E-state index contributed by atoms with van der Waals surface area (Å²) in [5, 5.41) is 0.491. The van der Waals surface area contributed by atoms with Crippen molar-refractivity contribution in [1.29, 1.82) is 0 Å². The average Bonchev–Trinajstić information content (AvgIpc) is 2.33. The predicted molar refractivity (Wildman–Crippen MR) is 68.9 cm³/mol. The highest BCUT2D eigenvalue weighted by atomic mass is 35.5. The van der Waals surface area contributed by atoms with Gasteiger partial charge in [-0.2, -0.15) is 4.99 Å². The molecular formula is C12H14ClN3O. The van der Waals surface area contributed by atoms with Gasteiger partial charge in [0.25, 0.3) is 0 Å². The van der Waals surface area contributed by atoms with E-state index in [9.17, 15) is 4.79 Å². The molecule has 1 fully saturated rings. The SMILES string of the molecule is CN1CCN(c2ccc(N=C=O)c(Cl)c2)CC1. The lowest BCUT2D eigenvalue weighted by atomic mass is 10.2. The highest BCUT2D eigenvalue weighted by molar-refractivity contribution is 6.33. The van der Waals surface area contributed by atoms with E-state index in [2.05, 4.69) is 21.8 Å². The minimum atomic E-state index is 0.472. The lowest BCUT2D eigenvalue weighted by molar-refractivity contribution is 0.313. The zero-order valence-electron chi connectivity index (χ0n) is 9.69. The second-order valence-electron chi connectivity index (χ2n) is 4.13. The molecule has 1 aromatic carbocycles. The molecule has 90 valence electrons. The van der Waals surface area contributed by atoms with Crippen LogP contribution in [0.1, 0.15) is 0 Å². The molecular weight excluding hydrogens is 238 g/mol. The van der Waals surface area contributed by atoms with Crippen LogP contribution in [0.5, 0.6) is 0 Å². The molecule has 0 bridgehead atoms. The third kappa shape index (κ3) is 2.86. The Bertz CT molecular complexity index is 449. The first-order valence-electron chi connectivity index (χ1n) is 5.51. The van der Waals surface area contributed by atoms with Crippen molar-refractivity contribution in [3.8, 4) is 0 Å². The maximum Gasteiger partial charge on any atom is 0.240 e. The Morgan fingerprint density at radius 1 is 1.29 bits per heavy atom. The molecule has 0 aromatic heterocycles. The second kappa shape index (κ2) is 5.32. The van der Waals surface area contributed by atoms with Gasteiger partial charge >= 0.3 is 0 Å². The fourth-order valence-electron chi connectivity index (χ4n) is 1.90. The zero-order valence-corrected chi connectivity index (χ0v) is 10.4. The van der Waals surface area contributed by atoms with E-state index in [1.807, 2.05) is 12.1 Å². The van der Waals surface area contributed by atoms with Crippen LogP contribution in [0.3, 0.4) is 0 Å². The average molecular weight is 252 g/mol. The Morgan fingerprint density at radius 3 is 2.59 bits per heavy atom. The van der Waals surface area contributed by atoms with Crippen LogP contribution < -0.4 is 4.90 Å². The normalized spacial score (nSPS) is 16.7. The van der Waals surface area contributed by atoms with E-state index in [0.29, 0.717) is 10.7 Å². The molecule has 17 heavy (non-hydrogen) atoms. The number of benzene rings is 1. The van der Waals surface area contributed by atoms with E-state index in [0.717, 1.165) is 31.9 Å². The van der Waals surface area contributed by atoms with Crippen LogP contribution in [-0.2, 0) is 4.79 Å². The maximum atomic E-state index is 10.2. The molecule has 1 aliphatic heterocycles. The number of carbonyl (C=O) groups excluding carboxylic acids is 1. The summed E-state index contributed by atoms with van der Waals surface area (Å²) in [6.45, 7) is 4.07. The van der Waals surface area contributed by atoms with Crippen LogP contribution in [0, 0.1) is 0 Å². The minimum absolute atomic E-state index is 0.472. The fourth-order valence-corrected chi connectivity index (χ4v) is 2.11. The Morgan fingerprint density at radius 2 is 2.00 bits per heavy atom. The number of rotatable bonds is 2. The van der Waals surface area contributed by atoms with Crippen LogP contribution in [-0.4, -0.2) is 44.2 Å². The third-order valence-corrected chi connectivity index (χ3v) is 3.27. The third-order valence-electron chi connectivity index (χ3n) is 2.97. The van der Waals surface area contributed by atoms with Crippen LogP contribution in [0.4, 0.5) is 11.4 Å². The Hall–Kier alpha value is -1.35. The van der Waals surface area contributed by atoms with Gasteiger partial charge in [-0.05, 0) is 25.2 Å². The summed E-state index contributed by atoms with van der Waals surface area (Å²) in [7, 11) is 2.12. The number of aliphatic imine (C=N–C) groups is 1. The smallest absolute Gasteiger partial charge is 0.240 e. The highest BCUT2D eigenvalue weighted by Gasteiger charge is 2.14. The van der Waals surface area contributed by atoms with Crippen molar-refractivity contribution in [3.05, 3.63) is 23.2 Å². The number of anilines is 1. The van der Waals surface area contributed by atoms with Gasteiger partial charge in [0.2, 0.25) is 6.08 Å². The van der Waals surface area contributed by atoms with Crippen LogP contribution >= 0.6 is 11.6 Å². The lowest BCUT2D eigenvalue weighted by Gasteiger charge is -2.34. The number of hydrogen-bond acceptors (Lipinski definition) is 4. The first-order valence-corrected chi connectivity index (χ1v) is 5.89. The summed E-state index contributed by atoms with van der Waals surface area (Å²) in [6, 6.07) is 5.54. The molecule has 2 rings (SSSR count). The van der Waals surface area contributed by atoms with E-state index >= 15 is 0 Å². The van der Waals surface area contributed by atoms with Crippen molar-refractivity contribution in [2.24, 2.45) is 4.99 Å². The van der Waals surface area contributed by atoms with Crippen molar-refractivity contribution in [3.63, 3.8) is 0 Å². The molecule has 4 nitrogen and oxygen atoms in total. The molecule has 0 radical (unpaired) electrons. The summed E-state index contributed by atoms with van der Waals surface area (Å²) in [6.07, 6.45) is 1.50. The fraction of sp³-hybridized carbons (Fsp3) is 0.417. The molecule has 1 aliphatic rings. The van der Waals surface area contributed by atoms with Gasteiger partial charge in [0.1, 0.15) is 0 Å². The van der Waals surface area contributed by atoms with Gasteiger partial charge < -0.3 is 9.80 Å². The Kier molecular flexibility index (Phi) is 3.79. The van der Waals surface area contributed by atoms with Gasteiger partial charge in [-0.1, -0.05) is 11.6 Å². The summed E-state index contributed by atoms with van der Waals surface area (Å²) in [5.74, 6) is 0. The molecule has 5 heteroatoms. The van der Waals surface area contributed by atoms with Gasteiger partial charge in [0.15, 0.2) is 0 Å². The van der Waals surface area contributed by atoms with Gasteiger partial charge in [-0.3, -0.25) is 0 Å². The summed E-state index contributed by atoms with van der Waals surface area (Å²) in [5.41, 5.74) is 1.55. The first-order chi connectivity index (χ1) is 8.20. The molecule has 0 saturated carbocycles. The summed E-state index contributed by atoms with van der Waals surface area (Å²) in [4.78, 5) is 18.3. The topological polar surface area (TPSA) is 35.9 Å². The summed E-state index contributed by atoms with van der Waals surface area (Å²) >= 11 is 6.05. The second-order valence-corrected chi connectivity index (χ2v) is 4.54. The largest absolute Gasteiger partial charge is 0.369 e. The summed E-state index contributed by atoms with van der Waals surface area (Å²) < 4.78 is 0. The molecule has 0 unspecified atom stereocenters. The number of hydrogen-bond donors (Lipinski definition) is 0. The van der Waals surface area contributed by atoms with Gasteiger partial charge in [-0.25, -0.2) is 4.79 Å². The first kappa shape index (κ1) is 12.1. The number of likely N-dealkylation sites (N-methyl/N-ethyl adjacent to an activating group) is 1. The van der Waals surface area contributed by atoms with E-state index in [-0.39, 0.29) is 0 Å². The molecule has 1 heterocycles. The number of piperazine rings is 1. The Balaban J connectivity index is 2.17. The quantitative estimate of drug-likeness (QED) is 0.596. The number of nitrogens with zero attached hydrogens (tertiary/aromatic N) is 3. The van der Waals surface area contributed by atoms with Crippen molar-refractivity contribution in [2.75, 3.05) is 38.1 Å². The predicted octanol–water partition coefficient (Wildman–Crippen LogP) is 2.06. The number of isocyanates is 1. The maximum absolute atomic E-state index is 10.2. The van der Waals surface area contributed by atoms with E-state index in [1.165, 1.54) is 6.08 Å². The minimum Gasteiger partial charge on any atom is -0.369 e. The van der Waals surface area contributed by atoms with E-state index in [4.69, 9.17) is 11.6 Å². The van der Waals surface area contributed by atoms with Gasteiger partial charge in [-0.15, -0.1) is 0 Å². The molecule has 0 aliphatic carbocycles. The molecule has 0 atom stereocenters.